The van der Waals surface area contributed by atoms with Crippen molar-refractivity contribution in [2.45, 2.75) is 57.1 Å². The fourth-order valence-electron chi connectivity index (χ4n) is 3.18. The molecule has 3 heteroatoms. The molecular weight excluding hydrogens is 200 g/mol. The molecule has 0 amide bonds. The second-order valence-electron chi connectivity index (χ2n) is 5.95. The molecule has 2 atom stereocenters. The number of β-amino-alcohol motifs (C(OH)–C–C–N with tert-alkyl or cyclic N) is 1. The van der Waals surface area contributed by atoms with Gasteiger partial charge in [0.15, 0.2) is 0 Å². The van der Waals surface area contributed by atoms with E-state index in [1.165, 1.54) is 19.3 Å². The molecule has 1 saturated carbocycles. The molecule has 0 radical (unpaired) electrons. The second-order valence-corrected chi connectivity index (χ2v) is 5.95. The van der Waals surface area contributed by atoms with Crippen LogP contribution in [0, 0.1) is 5.92 Å². The molecule has 2 aliphatic rings. The Morgan fingerprint density at radius 3 is 2.62 bits per heavy atom. The van der Waals surface area contributed by atoms with E-state index in [1.54, 1.807) is 0 Å². The summed E-state index contributed by atoms with van der Waals surface area (Å²) in [4.78, 5) is 2.42. The Morgan fingerprint density at radius 2 is 2.00 bits per heavy atom. The average Bonchev–Trinajstić information content (AvgIpc) is 2.24. The van der Waals surface area contributed by atoms with Crippen LogP contribution in [0.5, 0.6) is 0 Å². The molecular formula is C13H26N2O. The quantitative estimate of drug-likeness (QED) is 0.747. The Hall–Kier alpha value is -0.120. The van der Waals surface area contributed by atoms with E-state index in [2.05, 4.69) is 11.8 Å². The van der Waals surface area contributed by atoms with Gasteiger partial charge in [-0.3, -0.25) is 0 Å². The minimum atomic E-state index is -0.403. The molecule has 0 bridgehead atoms. The highest BCUT2D eigenvalue weighted by molar-refractivity contribution is 4.89. The second kappa shape index (κ2) is 5.03. The summed E-state index contributed by atoms with van der Waals surface area (Å²) in [6.45, 7) is 5.21. The van der Waals surface area contributed by atoms with Crippen LogP contribution >= 0.6 is 0 Å². The van der Waals surface area contributed by atoms with Crippen LogP contribution in [0.25, 0.3) is 0 Å². The van der Waals surface area contributed by atoms with Crippen LogP contribution in [-0.2, 0) is 0 Å². The number of likely N-dealkylation sites (tertiary alicyclic amines) is 1. The summed E-state index contributed by atoms with van der Waals surface area (Å²) in [6, 6.07) is 0.359. The first-order chi connectivity index (χ1) is 7.59. The number of nitrogens with zero attached hydrogens (tertiary/aromatic N) is 1. The minimum absolute atomic E-state index is 0.359. The summed E-state index contributed by atoms with van der Waals surface area (Å²) in [5.41, 5.74) is 5.61. The number of hydrogen-bond donors (Lipinski definition) is 2. The lowest BCUT2D eigenvalue weighted by atomic mass is 9.83. The van der Waals surface area contributed by atoms with Gasteiger partial charge in [-0.2, -0.15) is 0 Å². The maximum Gasteiger partial charge on any atom is 0.0774 e. The maximum absolute atomic E-state index is 10.5. The van der Waals surface area contributed by atoms with Gasteiger partial charge in [0, 0.05) is 19.1 Å². The van der Waals surface area contributed by atoms with Crippen molar-refractivity contribution >= 4 is 0 Å². The SMILES string of the molecule is CC1CN(CC2(O)CCCCC2)CCC1N. The van der Waals surface area contributed by atoms with Gasteiger partial charge in [0.05, 0.1) is 5.60 Å². The highest BCUT2D eigenvalue weighted by atomic mass is 16.3. The highest BCUT2D eigenvalue weighted by Gasteiger charge is 2.33. The normalized spacial score (nSPS) is 36.2. The van der Waals surface area contributed by atoms with Gasteiger partial charge in [-0.05, 0) is 31.7 Å². The molecule has 1 aliphatic heterocycles. The lowest BCUT2D eigenvalue weighted by Crippen LogP contribution is -2.51. The summed E-state index contributed by atoms with van der Waals surface area (Å²) < 4.78 is 0. The fraction of sp³-hybridized carbons (Fsp3) is 1.00. The monoisotopic (exact) mass is 226 g/mol. The van der Waals surface area contributed by atoms with Gasteiger partial charge in [-0.15, -0.1) is 0 Å². The first-order valence-electron chi connectivity index (χ1n) is 6.79. The van der Waals surface area contributed by atoms with Crippen LogP contribution in [0.15, 0.2) is 0 Å². The largest absolute Gasteiger partial charge is 0.389 e. The van der Waals surface area contributed by atoms with E-state index in [-0.39, 0.29) is 0 Å². The molecule has 0 aromatic carbocycles. The van der Waals surface area contributed by atoms with Crippen molar-refractivity contribution in [1.29, 1.82) is 0 Å². The van der Waals surface area contributed by atoms with Gasteiger partial charge in [0.25, 0.3) is 0 Å². The van der Waals surface area contributed by atoms with Gasteiger partial charge in [-0.1, -0.05) is 26.2 Å². The predicted molar refractivity (Wildman–Crippen MR) is 66.2 cm³/mol. The maximum atomic E-state index is 10.5. The highest BCUT2D eigenvalue weighted by Crippen LogP contribution is 2.30. The zero-order valence-electron chi connectivity index (χ0n) is 10.5. The Bertz CT molecular complexity index is 226. The van der Waals surface area contributed by atoms with Crippen LogP contribution in [0.4, 0.5) is 0 Å². The van der Waals surface area contributed by atoms with Crippen molar-refractivity contribution < 1.29 is 5.11 Å². The molecule has 3 N–H and O–H groups in total. The van der Waals surface area contributed by atoms with Crippen molar-refractivity contribution in [2.24, 2.45) is 11.7 Å². The minimum Gasteiger partial charge on any atom is -0.389 e. The Labute approximate surface area is 99.0 Å². The number of hydrogen-bond acceptors (Lipinski definition) is 3. The molecule has 2 rings (SSSR count). The third-order valence-electron chi connectivity index (χ3n) is 4.36. The fourth-order valence-corrected chi connectivity index (χ4v) is 3.18. The van der Waals surface area contributed by atoms with Crippen molar-refractivity contribution in [3.63, 3.8) is 0 Å². The standard InChI is InChI=1S/C13H26N2O/c1-11-9-15(8-5-12(11)14)10-13(16)6-3-2-4-7-13/h11-12,16H,2-10,14H2,1H3. The molecule has 0 aromatic heterocycles. The molecule has 3 nitrogen and oxygen atoms in total. The van der Waals surface area contributed by atoms with E-state index in [4.69, 9.17) is 5.73 Å². The summed E-state index contributed by atoms with van der Waals surface area (Å²) in [6.07, 6.45) is 6.74. The number of aliphatic hydroxyl groups is 1. The zero-order valence-corrected chi connectivity index (χ0v) is 10.5. The zero-order chi connectivity index (χ0) is 11.6. The van der Waals surface area contributed by atoms with E-state index < -0.39 is 5.60 Å². The average molecular weight is 226 g/mol. The summed E-state index contributed by atoms with van der Waals surface area (Å²) in [5, 5.41) is 10.5. The number of piperidine rings is 1. The summed E-state index contributed by atoms with van der Waals surface area (Å²) in [7, 11) is 0. The molecule has 94 valence electrons. The van der Waals surface area contributed by atoms with Crippen molar-refractivity contribution in [3.8, 4) is 0 Å². The van der Waals surface area contributed by atoms with E-state index >= 15 is 0 Å². The van der Waals surface area contributed by atoms with Gasteiger partial charge in [0.1, 0.15) is 0 Å². The molecule has 2 unspecified atom stereocenters. The van der Waals surface area contributed by atoms with Gasteiger partial charge < -0.3 is 15.7 Å². The molecule has 1 heterocycles. The van der Waals surface area contributed by atoms with E-state index in [1.807, 2.05) is 0 Å². The number of rotatable bonds is 2. The lowest BCUT2D eigenvalue weighted by Gasteiger charge is -2.41. The molecule has 2 fully saturated rings. The van der Waals surface area contributed by atoms with Gasteiger partial charge in [0.2, 0.25) is 0 Å². The van der Waals surface area contributed by atoms with E-state index in [0.717, 1.165) is 38.9 Å². The topological polar surface area (TPSA) is 49.5 Å². The first kappa shape index (κ1) is 12.3. The predicted octanol–water partition coefficient (Wildman–Crippen LogP) is 1.35. The van der Waals surface area contributed by atoms with Crippen LogP contribution in [0.1, 0.15) is 45.4 Å². The van der Waals surface area contributed by atoms with Crippen LogP contribution in [0.3, 0.4) is 0 Å². The molecule has 0 spiro atoms. The first-order valence-corrected chi connectivity index (χ1v) is 6.79. The third-order valence-corrected chi connectivity index (χ3v) is 4.36. The number of nitrogens with two attached hydrogens (primary N) is 1. The Morgan fingerprint density at radius 1 is 1.31 bits per heavy atom. The lowest BCUT2D eigenvalue weighted by molar-refractivity contribution is -0.0350. The van der Waals surface area contributed by atoms with E-state index in [9.17, 15) is 5.11 Å². The Balaban J connectivity index is 1.84. The van der Waals surface area contributed by atoms with Crippen LogP contribution in [0.2, 0.25) is 0 Å². The summed E-state index contributed by atoms with van der Waals surface area (Å²) in [5.74, 6) is 0.570. The molecule has 1 aliphatic carbocycles. The molecule has 0 aromatic rings. The Kier molecular flexibility index (Phi) is 3.88. The molecule has 16 heavy (non-hydrogen) atoms. The molecule has 1 saturated heterocycles. The van der Waals surface area contributed by atoms with E-state index in [0.29, 0.717) is 12.0 Å². The van der Waals surface area contributed by atoms with Crippen molar-refractivity contribution in [1.82, 2.24) is 4.90 Å². The van der Waals surface area contributed by atoms with Crippen molar-refractivity contribution in [3.05, 3.63) is 0 Å². The van der Waals surface area contributed by atoms with Crippen LogP contribution < -0.4 is 5.73 Å². The van der Waals surface area contributed by atoms with Gasteiger partial charge >= 0.3 is 0 Å². The van der Waals surface area contributed by atoms with Crippen molar-refractivity contribution in [2.75, 3.05) is 19.6 Å². The summed E-state index contributed by atoms with van der Waals surface area (Å²) >= 11 is 0. The van der Waals surface area contributed by atoms with Gasteiger partial charge in [-0.25, -0.2) is 0 Å². The third kappa shape index (κ3) is 2.96. The smallest absolute Gasteiger partial charge is 0.0774 e. The van der Waals surface area contributed by atoms with Crippen LogP contribution in [-0.4, -0.2) is 41.3 Å².